The molecule has 1 atom stereocenters. The van der Waals surface area contributed by atoms with Gasteiger partial charge in [-0.05, 0) is 62.2 Å². The molecular weight excluding hydrogens is 244 g/mol. The minimum Gasteiger partial charge on any atom is -0.314 e. The van der Waals surface area contributed by atoms with Crippen molar-refractivity contribution in [2.45, 2.75) is 51.6 Å². The van der Waals surface area contributed by atoms with Crippen molar-refractivity contribution in [2.75, 3.05) is 19.6 Å². The second kappa shape index (κ2) is 6.73. The Morgan fingerprint density at radius 3 is 2.70 bits per heavy atom. The molecule has 1 heterocycles. The molecule has 0 aromatic heterocycles. The highest BCUT2D eigenvalue weighted by molar-refractivity contribution is 5.27. The number of hydrogen-bond donors (Lipinski definition) is 1. The Balaban J connectivity index is 1.56. The van der Waals surface area contributed by atoms with Crippen LogP contribution >= 0.6 is 0 Å². The zero-order chi connectivity index (χ0) is 13.8. The second-order valence-corrected chi connectivity index (χ2v) is 6.73. The fourth-order valence-electron chi connectivity index (χ4n) is 3.33. The Morgan fingerprint density at radius 2 is 1.95 bits per heavy atom. The number of nitrogens with one attached hydrogen (secondary N) is 1. The lowest BCUT2D eigenvalue weighted by Gasteiger charge is -2.31. The van der Waals surface area contributed by atoms with Crippen LogP contribution in [0.25, 0.3) is 0 Å². The third-order valence-electron chi connectivity index (χ3n) is 4.66. The van der Waals surface area contributed by atoms with Crippen LogP contribution in [-0.2, 0) is 13.0 Å². The van der Waals surface area contributed by atoms with Crippen LogP contribution in [0.4, 0.5) is 0 Å². The van der Waals surface area contributed by atoms with Crippen LogP contribution in [0.1, 0.15) is 43.7 Å². The van der Waals surface area contributed by atoms with Crippen molar-refractivity contribution in [1.82, 2.24) is 10.2 Å². The molecule has 3 rings (SSSR count). The Labute approximate surface area is 123 Å². The molecule has 1 aromatic rings. The average Bonchev–Trinajstić information content (AvgIpc) is 3.25. The van der Waals surface area contributed by atoms with Gasteiger partial charge in [0.15, 0.2) is 0 Å². The summed E-state index contributed by atoms with van der Waals surface area (Å²) in [5.41, 5.74) is 3.08. The third-order valence-corrected chi connectivity index (χ3v) is 4.66. The molecule has 0 spiro atoms. The van der Waals surface area contributed by atoms with Crippen LogP contribution in [0.15, 0.2) is 24.3 Å². The highest BCUT2D eigenvalue weighted by Crippen LogP contribution is 2.21. The van der Waals surface area contributed by atoms with Crippen LogP contribution in [0, 0.1) is 5.92 Å². The molecule has 110 valence electrons. The predicted octanol–water partition coefficient (Wildman–Crippen LogP) is 3.21. The first-order chi connectivity index (χ1) is 9.81. The minimum atomic E-state index is 0.824. The van der Waals surface area contributed by atoms with Crippen LogP contribution in [0.3, 0.4) is 0 Å². The zero-order valence-corrected chi connectivity index (χ0v) is 12.8. The quantitative estimate of drug-likeness (QED) is 0.855. The lowest BCUT2D eigenvalue weighted by Crippen LogP contribution is -2.34. The van der Waals surface area contributed by atoms with Crippen LogP contribution in [0.5, 0.6) is 0 Å². The number of piperidine rings is 1. The molecule has 1 aliphatic heterocycles. The SMILES string of the molecule is CC1CCCN(Cc2ccccc2CCNC2CC2)C1. The first-order valence-electron chi connectivity index (χ1n) is 8.34. The van der Waals surface area contributed by atoms with Gasteiger partial charge in [0.1, 0.15) is 0 Å². The Hall–Kier alpha value is -0.860. The van der Waals surface area contributed by atoms with Crippen LogP contribution < -0.4 is 5.32 Å². The van der Waals surface area contributed by atoms with Crippen molar-refractivity contribution in [3.63, 3.8) is 0 Å². The fourth-order valence-corrected chi connectivity index (χ4v) is 3.33. The van der Waals surface area contributed by atoms with Gasteiger partial charge in [0.2, 0.25) is 0 Å². The summed E-state index contributed by atoms with van der Waals surface area (Å²) in [5.74, 6) is 0.868. The maximum absolute atomic E-state index is 3.63. The normalized spacial score (nSPS) is 23.9. The van der Waals surface area contributed by atoms with E-state index in [1.165, 1.54) is 45.2 Å². The van der Waals surface area contributed by atoms with Gasteiger partial charge in [-0.1, -0.05) is 31.2 Å². The molecule has 1 aromatic carbocycles. The fraction of sp³-hybridized carbons (Fsp3) is 0.667. The molecule has 0 amide bonds. The lowest BCUT2D eigenvalue weighted by atomic mass is 9.98. The highest BCUT2D eigenvalue weighted by Gasteiger charge is 2.20. The van der Waals surface area contributed by atoms with Gasteiger partial charge in [-0.15, -0.1) is 0 Å². The average molecular weight is 272 g/mol. The number of benzene rings is 1. The van der Waals surface area contributed by atoms with Crippen molar-refractivity contribution in [3.05, 3.63) is 35.4 Å². The maximum Gasteiger partial charge on any atom is 0.0236 e. The molecule has 1 N–H and O–H groups in total. The maximum atomic E-state index is 3.63. The highest BCUT2D eigenvalue weighted by atomic mass is 15.1. The number of nitrogens with zero attached hydrogens (tertiary/aromatic N) is 1. The first-order valence-corrected chi connectivity index (χ1v) is 8.34. The number of hydrogen-bond acceptors (Lipinski definition) is 2. The Kier molecular flexibility index (Phi) is 4.74. The van der Waals surface area contributed by atoms with Crippen molar-refractivity contribution in [2.24, 2.45) is 5.92 Å². The Bertz CT molecular complexity index is 425. The molecule has 1 saturated heterocycles. The van der Waals surface area contributed by atoms with E-state index in [-0.39, 0.29) is 0 Å². The first kappa shape index (κ1) is 14.1. The molecule has 0 radical (unpaired) electrons. The van der Waals surface area contributed by atoms with Crippen LogP contribution in [0.2, 0.25) is 0 Å². The van der Waals surface area contributed by atoms with E-state index >= 15 is 0 Å². The van der Waals surface area contributed by atoms with Crippen molar-refractivity contribution in [3.8, 4) is 0 Å². The summed E-state index contributed by atoms with van der Waals surface area (Å²) < 4.78 is 0. The van der Waals surface area contributed by atoms with Gasteiger partial charge < -0.3 is 5.32 Å². The number of rotatable bonds is 6. The molecule has 2 aliphatic rings. The molecule has 1 aliphatic carbocycles. The van der Waals surface area contributed by atoms with E-state index in [1.54, 1.807) is 11.1 Å². The minimum absolute atomic E-state index is 0.824. The smallest absolute Gasteiger partial charge is 0.0236 e. The topological polar surface area (TPSA) is 15.3 Å². The summed E-state index contributed by atoms with van der Waals surface area (Å²) in [6.45, 7) is 7.22. The summed E-state index contributed by atoms with van der Waals surface area (Å²) in [5, 5.41) is 3.63. The molecular formula is C18H28N2. The molecule has 20 heavy (non-hydrogen) atoms. The van der Waals surface area contributed by atoms with E-state index in [9.17, 15) is 0 Å². The molecule has 0 bridgehead atoms. The predicted molar refractivity (Wildman–Crippen MR) is 84.8 cm³/mol. The van der Waals surface area contributed by atoms with Crippen molar-refractivity contribution < 1.29 is 0 Å². The van der Waals surface area contributed by atoms with E-state index in [1.807, 2.05) is 0 Å². The van der Waals surface area contributed by atoms with Gasteiger partial charge in [0.05, 0.1) is 0 Å². The van der Waals surface area contributed by atoms with Gasteiger partial charge in [-0.25, -0.2) is 0 Å². The van der Waals surface area contributed by atoms with Crippen molar-refractivity contribution >= 4 is 0 Å². The van der Waals surface area contributed by atoms with Gasteiger partial charge >= 0.3 is 0 Å². The summed E-state index contributed by atoms with van der Waals surface area (Å²) in [6.07, 6.45) is 6.71. The molecule has 2 nitrogen and oxygen atoms in total. The molecule has 2 fully saturated rings. The van der Waals surface area contributed by atoms with E-state index in [0.29, 0.717) is 0 Å². The summed E-state index contributed by atoms with van der Waals surface area (Å²) in [4.78, 5) is 2.64. The molecule has 1 saturated carbocycles. The van der Waals surface area contributed by atoms with Crippen molar-refractivity contribution in [1.29, 1.82) is 0 Å². The van der Waals surface area contributed by atoms with E-state index < -0.39 is 0 Å². The molecule has 1 unspecified atom stereocenters. The second-order valence-electron chi connectivity index (χ2n) is 6.73. The van der Waals surface area contributed by atoms with E-state index in [2.05, 4.69) is 41.4 Å². The summed E-state index contributed by atoms with van der Waals surface area (Å²) in [7, 11) is 0. The lowest BCUT2D eigenvalue weighted by molar-refractivity contribution is 0.176. The van der Waals surface area contributed by atoms with Gasteiger partial charge in [0.25, 0.3) is 0 Å². The standard InChI is InChI=1S/C18H28N2/c1-15-5-4-12-20(13-15)14-17-7-3-2-6-16(17)10-11-19-18-8-9-18/h2-3,6-7,15,18-19H,4-5,8-14H2,1H3. The van der Waals surface area contributed by atoms with E-state index in [4.69, 9.17) is 0 Å². The summed E-state index contributed by atoms with van der Waals surface area (Å²) in [6, 6.07) is 9.85. The number of likely N-dealkylation sites (tertiary alicyclic amines) is 1. The van der Waals surface area contributed by atoms with Gasteiger partial charge in [-0.2, -0.15) is 0 Å². The zero-order valence-electron chi connectivity index (χ0n) is 12.8. The van der Waals surface area contributed by atoms with Gasteiger partial charge in [-0.3, -0.25) is 4.90 Å². The monoisotopic (exact) mass is 272 g/mol. The third kappa shape index (κ3) is 4.07. The van der Waals surface area contributed by atoms with Gasteiger partial charge in [0, 0.05) is 19.1 Å². The van der Waals surface area contributed by atoms with E-state index in [0.717, 1.165) is 25.0 Å². The summed E-state index contributed by atoms with van der Waals surface area (Å²) >= 11 is 0. The molecule has 2 heteroatoms. The largest absolute Gasteiger partial charge is 0.314 e. The Morgan fingerprint density at radius 1 is 1.15 bits per heavy atom. The van der Waals surface area contributed by atoms with Crippen LogP contribution in [-0.4, -0.2) is 30.6 Å².